The van der Waals surface area contributed by atoms with Crippen LogP contribution < -0.4 is 9.62 Å². The third-order valence-electron chi connectivity index (χ3n) is 4.64. The summed E-state index contributed by atoms with van der Waals surface area (Å²) >= 11 is 12.1. The van der Waals surface area contributed by atoms with E-state index in [0.717, 1.165) is 10.6 Å². The van der Waals surface area contributed by atoms with Gasteiger partial charge in [0.15, 0.2) is 0 Å². The number of halogens is 2. The highest BCUT2D eigenvalue weighted by molar-refractivity contribution is 7.92. The molecule has 0 saturated heterocycles. The smallest absolute Gasteiger partial charge is 0.240 e. The molecule has 8 heteroatoms. The summed E-state index contributed by atoms with van der Waals surface area (Å²) in [6, 6.07) is 14.4. The van der Waals surface area contributed by atoms with Gasteiger partial charge in [-0.05, 0) is 42.5 Å². The van der Waals surface area contributed by atoms with E-state index in [0.29, 0.717) is 11.4 Å². The molecule has 2 rings (SSSR count). The average molecular weight is 457 g/mol. The fourth-order valence-corrected chi connectivity index (χ4v) is 4.63. The number of sulfonamides is 1. The van der Waals surface area contributed by atoms with E-state index in [1.165, 1.54) is 17.7 Å². The molecule has 0 heterocycles. The van der Waals surface area contributed by atoms with Crippen molar-refractivity contribution in [2.24, 2.45) is 0 Å². The molecule has 0 spiro atoms. The van der Waals surface area contributed by atoms with Gasteiger partial charge in [0, 0.05) is 11.1 Å². The van der Waals surface area contributed by atoms with Gasteiger partial charge in [-0.2, -0.15) is 0 Å². The van der Waals surface area contributed by atoms with Crippen LogP contribution in [0.1, 0.15) is 32.8 Å². The predicted octanol–water partition coefficient (Wildman–Crippen LogP) is 4.63. The summed E-state index contributed by atoms with van der Waals surface area (Å²) in [5.74, 6) is -0.414. The fraction of sp³-hybridized carbons (Fsp3) is 0.381. The average Bonchev–Trinajstić information content (AvgIpc) is 2.61. The first-order chi connectivity index (χ1) is 13.4. The third-order valence-corrected chi connectivity index (χ3v) is 6.32. The summed E-state index contributed by atoms with van der Waals surface area (Å²) < 4.78 is 25.5. The SMILES string of the molecule is CC(CC(C)(C)c1ccccc1)NC(=O)CN(c1cc(Cl)ccc1Cl)S(C)(=O)=O. The van der Waals surface area contributed by atoms with Gasteiger partial charge in [0.1, 0.15) is 6.54 Å². The predicted molar refractivity (Wildman–Crippen MR) is 120 cm³/mol. The highest BCUT2D eigenvalue weighted by atomic mass is 35.5. The van der Waals surface area contributed by atoms with Crippen molar-refractivity contribution < 1.29 is 13.2 Å². The maximum Gasteiger partial charge on any atom is 0.240 e. The Labute approximate surface area is 183 Å². The molecule has 2 aromatic carbocycles. The van der Waals surface area contributed by atoms with Crippen molar-refractivity contribution >= 4 is 44.8 Å². The van der Waals surface area contributed by atoms with Gasteiger partial charge in [0.05, 0.1) is 17.0 Å². The molecule has 1 unspecified atom stereocenters. The van der Waals surface area contributed by atoms with Crippen molar-refractivity contribution in [3.63, 3.8) is 0 Å². The Hall–Kier alpha value is -1.76. The van der Waals surface area contributed by atoms with E-state index in [-0.39, 0.29) is 28.7 Å². The molecule has 0 aliphatic heterocycles. The summed E-state index contributed by atoms with van der Waals surface area (Å²) in [7, 11) is -3.74. The summed E-state index contributed by atoms with van der Waals surface area (Å²) in [5, 5.41) is 3.42. The lowest BCUT2D eigenvalue weighted by molar-refractivity contribution is -0.120. The topological polar surface area (TPSA) is 66.5 Å². The molecule has 0 bridgehead atoms. The quantitative estimate of drug-likeness (QED) is 0.629. The van der Waals surface area contributed by atoms with Crippen molar-refractivity contribution in [1.82, 2.24) is 5.32 Å². The first-order valence-corrected chi connectivity index (χ1v) is 11.8. The van der Waals surface area contributed by atoms with Crippen molar-refractivity contribution in [1.29, 1.82) is 0 Å². The number of carbonyl (C=O) groups excluding carboxylic acids is 1. The summed E-state index contributed by atoms with van der Waals surface area (Å²) in [6.07, 6.45) is 1.72. The zero-order valence-electron chi connectivity index (χ0n) is 16.9. The van der Waals surface area contributed by atoms with Crippen LogP contribution in [0.4, 0.5) is 5.69 Å². The van der Waals surface area contributed by atoms with Crippen LogP contribution in [-0.2, 0) is 20.2 Å². The minimum absolute atomic E-state index is 0.152. The Bertz CT molecular complexity index is 963. The molecule has 0 aromatic heterocycles. The zero-order chi connectivity index (χ0) is 21.8. The molecule has 5 nitrogen and oxygen atoms in total. The standard InChI is InChI=1S/C21H26Cl2N2O3S/c1-15(13-21(2,3)16-8-6-5-7-9-16)24-20(26)14-25(29(4,27)28)19-12-17(22)10-11-18(19)23/h5-12,15H,13-14H2,1-4H3,(H,24,26). The minimum Gasteiger partial charge on any atom is -0.352 e. The van der Waals surface area contributed by atoms with Crippen molar-refractivity contribution in [2.45, 2.75) is 38.6 Å². The molecule has 1 amide bonds. The van der Waals surface area contributed by atoms with Crippen LogP contribution in [0.5, 0.6) is 0 Å². The molecule has 0 aliphatic carbocycles. The monoisotopic (exact) mass is 456 g/mol. The van der Waals surface area contributed by atoms with Crippen LogP contribution in [0, 0.1) is 0 Å². The molecule has 1 N–H and O–H groups in total. The zero-order valence-corrected chi connectivity index (χ0v) is 19.3. The Morgan fingerprint density at radius 2 is 1.76 bits per heavy atom. The normalized spacial score (nSPS) is 13.0. The molecular weight excluding hydrogens is 431 g/mol. The van der Waals surface area contributed by atoms with Gasteiger partial charge in [-0.3, -0.25) is 9.10 Å². The molecule has 1 atom stereocenters. The number of benzene rings is 2. The number of anilines is 1. The number of rotatable bonds is 8. The number of carbonyl (C=O) groups is 1. The maximum atomic E-state index is 12.6. The van der Waals surface area contributed by atoms with Crippen LogP contribution in [0.25, 0.3) is 0 Å². The second kappa shape index (κ2) is 9.37. The first kappa shape index (κ1) is 23.5. The van der Waals surface area contributed by atoms with Crippen LogP contribution in [0.15, 0.2) is 48.5 Å². The fourth-order valence-electron chi connectivity index (χ4n) is 3.33. The largest absolute Gasteiger partial charge is 0.352 e. The molecule has 158 valence electrons. The van der Waals surface area contributed by atoms with Crippen LogP contribution >= 0.6 is 23.2 Å². The van der Waals surface area contributed by atoms with E-state index >= 15 is 0 Å². The lowest BCUT2D eigenvalue weighted by Crippen LogP contribution is -2.44. The van der Waals surface area contributed by atoms with Crippen LogP contribution in [0.3, 0.4) is 0 Å². The van der Waals surface area contributed by atoms with Crippen molar-refractivity contribution in [3.05, 3.63) is 64.1 Å². The Kier molecular flexibility index (Phi) is 7.60. The number of hydrogen-bond donors (Lipinski definition) is 1. The molecule has 0 saturated carbocycles. The summed E-state index contributed by atoms with van der Waals surface area (Å²) in [5.41, 5.74) is 1.19. The van der Waals surface area contributed by atoms with Gasteiger partial charge >= 0.3 is 0 Å². The first-order valence-electron chi connectivity index (χ1n) is 9.18. The maximum absolute atomic E-state index is 12.6. The number of nitrogens with zero attached hydrogens (tertiary/aromatic N) is 1. The number of amides is 1. The molecular formula is C21H26Cl2N2O3S. The van der Waals surface area contributed by atoms with E-state index in [1.807, 2.05) is 25.1 Å². The van der Waals surface area contributed by atoms with Gasteiger partial charge in [0.25, 0.3) is 0 Å². The Morgan fingerprint density at radius 3 is 2.34 bits per heavy atom. The summed E-state index contributed by atoms with van der Waals surface area (Å²) in [6.45, 7) is 5.74. The second-order valence-corrected chi connectivity index (χ2v) is 10.5. The second-order valence-electron chi connectivity index (χ2n) is 7.79. The van der Waals surface area contributed by atoms with Gasteiger partial charge in [-0.25, -0.2) is 8.42 Å². The molecule has 2 aromatic rings. The Morgan fingerprint density at radius 1 is 1.14 bits per heavy atom. The number of nitrogens with one attached hydrogen (secondary N) is 1. The van der Waals surface area contributed by atoms with E-state index in [2.05, 4.69) is 31.3 Å². The highest BCUT2D eigenvalue weighted by Crippen LogP contribution is 2.31. The Balaban J connectivity index is 2.11. The minimum atomic E-state index is -3.74. The van der Waals surface area contributed by atoms with E-state index in [9.17, 15) is 13.2 Å². The lowest BCUT2D eigenvalue weighted by Gasteiger charge is -2.30. The number of hydrogen-bond acceptors (Lipinski definition) is 3. The molecule has 0 radical (unpaired) electrons. The van der Waals surface area contributed by atoms with Crippen LogP contribution in [-0.4, -0.2) is 33.2 Å². The van der Waals surface area contributed by atoms with Crippen LogP contribution in [0.2, 0.25) is 10.0 Å². The van der Waals surface area contributed by atoms with Gasteiger partial charge in [0.2, 0.25) is 15.9 Å². The van der Waals surface area contributed by atoms with E-state index in [1.54, 1.807) is 6.07 Å². The van der Waals surface area contributed by atoms with Gasteiger partial charge in [-0.15, -0.1) is 0 Å². The molecule has 0 aliphatic rings. The van der Waals surface area contributed by atoms with Crippen molar-refractivity contribution in [3.8, 4) is 0 Å². The highest BCUT2D eigenvalue weighted by Gasteiger charge is 2.27. The van der Waals surface area contributed by atoms with E-state index in [4.69, 9.17) is 23.2 Å². The van der Waals surface area contributed by atoms with Gasteiger partial charge in [-0.1, -0.05) is 67.4 Å². The van der Waals surface area contributed by atoms with Crippen molar-refractivity contribution in [2.75, 3.05) is 17.1 Å². The lowest BCUT2D eigenvalue weighted by atomic mass is 9.79. The third kappa shape index (κ3) is 6.63. The van der Waals surface area contributed by atoms with E-state index < -0.39 is 15.9 Å². The molecule has 29 heavy (non-hydrogen) atoms. The molecule has 0 fully saturated rings. The summed E-state index contributed by atoms with van der Waals surface area (Å²) in [4.78, 5) is 12.6. The van der Waals surface area contributed by atoms with Gasteiger partial charge < -0.3 is 5.32 Å².